The number of sulfonamides is 1. The third-order valence-electron chi connectivity index (χ3n) is 3.40. The van der Waals surface area contributed by atoms with E-state index >= 15 is 0 Å². The molecule has 0 saturated heterocycles. The van der Waals surface area contributed by atoms with Gasteiger partial charge in [-0.15, -0.1) is 0 Å². The number of halogens is 1. The van der Waals surface area contributed by atoms with Gasteiger partial charge in [-0.1, -0.05) is 39.0 Å². The van der Waals surface area contributed by atoms with Gasteiger partial charge in [-0.05, 0) is 63.7 Å². The molecular formula is C17H20BrNO2S. The summed E-state index contributed by atoms with van der Waals surface area (Å²) in [5, 5.41) is 0. The molecule has 22 heavy (non-hydrogen) atoms. The molecule has 0 aromatic heterocycles. The number of rotatable bonds is 3. The molecule has 0 aliphatic rings. The molecule has 0 atom stereocenters. The fraction of sp³-hybridized carbons (Fsp3) is 0.294. The fourth-order valence-electron chi connectivity index (χ4n) is 2.04. The number of nitrogens with one attached hydrogen (secondary N) is 1. The number of anilines is 1. The van der Waals surface area contributed by atoms with E-state index < -0.39 is 10.0 Å². The van der Waals surface area contributed by atoms with Gasteiger partial charge in [0.2, 0.25) is 0 Å². The van der Waals surface area contributed by atoms with Crippen LogP contribution in [0.25, 0.3) is 0 Å². The molecule has 0 radical (unpaired) electrons. The SMILES string of the molecule is Cc1ccc(NS(=O)(=O)c2ccc(C(C)(C)C)cc2)c(Br)c1. The first kappa shape index (κ1) is 17.0. The van der Waals surface area contributed by atoms with Crippen molar-refractivity contribution in [3.63, 3.8) is 0 Å². The Bertz CT molecular complexity index is 775. The van der Waals surface area contributed by atoms with E-state index in [1.165, 1.54) is 0 Å². The van der Waals surface area contributed by atoms with Crippen LogP contribution in [0.1, 0.15) is 31.9 Å². The van der Waals surface area contributed by atoms with Crippen molar-refractivity contribution in [1.29, 1.82) is 0 Å². The molecule has 0 saturated carbocycles. The van der Waals surface area contributed by atoms with E-state index in [4.69, 9.17) is 0 Å². The van der Waals surface area contributed by atoms with Crippen LogP contribution in [0, 0.1) is 6.92 Å². The van der Waals surface area contributed by atoms with E-state index in [2.05, 4.69) is 41.4 Å². The number of benzene rings is 2. The fourth-order valence-corrected chi connectivity index (χ4v) is 3.84. The summed E-state index contributed by atoms with van der Waals surface area (Å²) in [6.07, 6.45) is 0. The van der Waals surface area contributed by atoms with Gasteiger partial charge in [-0.25, -0.2) is 8.42 Å². The maximum atomic E-state index is 12.5. The van der Waals surface area contributed by atoms with E-state index in [1.807, 2.05) is 31.2 Å². The number of hydrogen-bond acceptors (Lipinski definition) is 2. The van der Waals surface area contributed by atoms with Crippen LogP contribution < -0.4 is 4.72 Å². The largest absolute Gasteiger partial charge is 0.278 e. The van der Waals surface area contributed by atoms with Gasteiger partial charge in [0.1, 0.15) is 0 Å². The molecule has 0 aliphatic heterocycles. The summed E-state index contributed by atoms with van der Waals surface area (Å²) in [6, 6.07) is 12.5. The maximum Gasteiger partial charge on any atom is 0.261 e. The Morgan fingerprint density at radius 3 is 2.09 bits per heavy atom. The summed E-state index contributed by atoms with van der Waals surface area (Å²) in [5.74, 6) is 0. The Balaban J connectivity index is 2.31. The molecule has 0 bridgehead atoms. The first-order chi connectivity index (χ1) is 10.1. The highest BCUT2D eigenvalue weighted by Gasteiger charge is 2.18. The van der Waals surface area contributed by atoms with Crippen molar-refractivity contribution in [2.75, 3.05) is 4.72 Å². The summed E-state index contributed by atoms with van der Waals surface area (Å²) in [7, 11) is -3.59. The van der Waals surface area contributed by atoms with Crippen LogP contribution >= 0.6 is 15.9 Å². The van der Waals surface area contributed by atoms with E-state index in [0.717, 1.165) is 15.6 Å². The molecule has 0 aliphatic carbocycles. The van der Waals surface area contributed by atoms with E-state index in [0.29, 0.717) is 5.69 Å². The van der Waals surface area contributed by atoms with Crippen LogP contribution in [0.4, 0.5) is 5.69 Å². The topological polar surface area (TPSA) is 46.2 Å². The number of aryl methyl sites for hydroxylation is 1. The number of hydrogen-bond donors (Lipinski definition) is 1. The average molecular weight is 382 g/mol. The lowest BCUT2D eigenvalue weighted by molar-refractivity contribution is 0.587. The lowest BCUT2D eigenvalue weighted by Crippen LogP contribution is -2.15. The van der Waals surface area contributed by atoms with Crippen molar-refractivity contribution in [2.45, 2.75) is 38.0 Å². The molecule has 5 heteroatoms. The first-order valence-electron chi connectivity index (χ1n) is 6.99. The second kappa shape index (κ2) is 6.05. The van der Waals surface area contributed by atoms with Crippen LogP contribution in [-0.4, -0.2) is 8.42 Å². The quantitative estimate of drug-likeness (QED) is 0.825. The van der Waals surface area contributed by atoms with Crippen LogP contribution in [0.2, 0.25) is 0 Å². The molecule has 2 aromatic carbocycles. The van der Waals surface area contributed by atoms with Crippen molar-refractivity contribution in [3.05, 3.63) is 58.1 Å². The van der Waals surface area contributed by atoms with Gasteiger partial charge >= 0.3 is 0 Å². The van der Waals surface area contributed by atoms with Crippen molar-refractivity contribution < 1.29 is 8.42 Å². The zero-order valence-corrected chi connectivity index (χ0v) is 15.5. The third kappa shape index (κ3) is 3.90. The summed E-state index contributed by atoms with van der Waals surface area (Å²) >= 11 is 3.38. The Hall–Kier alpha value is -1.33. The van der Waals surface area contributed by atoms with Gasteiger partial charge < -0.3 is 0 Å². The smallest absolute Gasteiger partial charge is 0.261 e. The summed E-state index contributed by atoms with van der Waals surface area (Å²) < 4.78 is 28.3. The zero-order chi connectivity index (χ0) is 16.5. The summed E-state index contributed by atoms with van der Waals surface area (Å²) in [6.45, 7) is 8.24. The minimum Gasteiger partial charge on any atom is -0.278 e. The Morgan fingerprint density at radius 2 is 1.59 bits per heavy atom. The second-order valence-corrected chi connectivity index (χ2v) is 8.90. The van der Waals surface area contributed by atoms with Crippen LogP contribution in [0.3, 0.4) is 0 Å². The predicted molar refractivity (Wildman–Crippen MR) is 94.8 cm³/mol. The second-order valence-electron chi connectivity index (χ2n) is 6.36. The molecule has 0 unspecified atom stereocenters. The average Bonchev–Trinajstić information content (AvgIpc) is 2.41. The maximum absolute atomic E-state index is 12.5. The Kier molecular flexibility index (Phi) is 4.68. The van der Waals surface area contributed by atoms with Crippen LogP contribution in [-0.2, 0) is 15.4 Å². The minimum atomic E-state index is -3.59. The van der Waals surface area contributed by atoms with E-state index in [1.54, 1.807) is 18.2 Å². The molecule has 1 N–H and O–H groups in total. The highest BCUT2D eigenvalue weighted by Crippen LogP contribution is 2.27. The third-order valence-corrected chi connectivity index (χ3v) is 5.44. The van der Waals surface area contributed by atoms with Crippen molar-refractivity contribution in [3.8, 4) is 0 Å². The first-order valence-corrected chi connectivity index (χ1v) is 9.27. The Labute approximate surface area is 140 Å². The minimum absolute atomic E-state index is 0.00426. The van der Waals surface area contributed by atoms with Crippen molar-refractivity contribution >= 4 is 31.6 Å². The lowest BCUT2D eigenvalue weighted by Gasteiger charge is -2.19. The molecule has 118 valence electrons. The normalized spacial score (nSPS) is 12.2. The molecular weight excluding hydrogens is 362 g/mol. The van der Waals surface area contributed by atoms with Gasteiger partial charge in [0, 0.05) is 4.47 Å². The van der Waals surface area contributed by atoms with Gasteiger partial charge in [-0.2, -0.15) is 0 Å². The lowest BCUT2D eigenvalue weighted by atomic mass is 9.87. The molecule has 0 heterocycles. The van der Waals surface area contributed by atoms with E-state index in [-0.39, 0.29) is 10.3 Å². The van der Waals surface area contributed by atoms with Gasteiger partial charge in [0.25, 0.3) is 10.0 Å². The molecule has 0 amide bonds. The van der Waals surface area contributed by atoms with E-state index in [9.17, 15) is 8.42 Å². The van der Waals surface area contributed by atoms with Gasteiger partial charge in [0.05, 0.1) is 10.6 Å². The highest BCUT2D eigenvalue weighted by atomic mass is 79.9. The van der Waals surface area contributed by atoms with Crippen LogP contribution in [0.15, 0.2) is 51.8 Å². The van der Waals surface area contributed by atoms with Crippen molar-refractivity contribution in [1.82, 2.24) is 0 Å². The molecule has 2 aromatic rings. The summed E-state index contributed by atoms with van der Waals surface area (Å²) in [4.78, 5) is 0.257. The molecule has 0 spiro atoms. The van der Waals surface area contributed by atoms with Gasteiger partial charge in [-0.3, -0.25) is 4.72 Å². The Morgan fingerprint density at radius 1 is 1.00 bits per heavy atom. The molecule has 0 fully saturated rings. The molecule has 2 rings (SSSR count). The predicted octanol–water partition coefficient (Wildman–Crippen LogP) is 4.86. The highest BCUT2D eigenvalue weighted by molar-refractivity contribution is 9.10. The van der Waals surface area contributed by atoms with Crippen LogP contribution in [0.5, 0.6) is 0 Å². The standard InChI is InChI=1S/C17H20BrNO2S/c1-12-5-10-16(15(18)11-12)19-22(20,21)14-8-6-13(7-9-14)17(2,3)4/h5-11,19H,1-4H3. The summed E-state index contributed by atoms with van der Waals surface area (Å²) in [5.41, 5.74) is 2.69. The van der Waals surface area contributed by atoms with Gasteiger partial charge in [0.15, 0.2) is 0 Å². The molecule has 3 nitrogen and oxygen atoms in total. The monoisotopic (exact) mass is 381 g/mol. The zero-order valence-electron chi connectivity index (χ0n) is 13.1. The van der Waals surface area contributed by atoms with Crippen molar-refractivity contribution in [2.24, 2.45) is 0 Å².